The predicted molar refractivity (Wildman–Crippen MR) is 314 cm³/mol. The van der Waals surface area contributed by atoms with Gasteiger partial charge in [0.15, 0.2) is 16.8 Å². The summed E-state index contributed by atoms with van der Waals surface area (Å²) in [7, 11) is 3.67. The number of aromatic carboxylic acids is 1. The molecule has 16 nitrogen and oxygen atoms in total. The summed E-state index contributed by atoms with van der Waals surface area (Å²) in [5.74, 6) is -0.870. The summed E-state index contributed by atoms with van der Waals surface area (Å²) < 4.78 is 29.9. The topological polar surface area (TPSA) is 225 Å². The molecule has 2 fully saturated rings. The molecule has 1 aliphatic heterocycles. The van der Waals surface area contributed by atoms with Gasteiger partial charge in [-0.15, -0.1) is 11.3 Å². The van der Waals surface area contributed by atoms with Gasteiger partial charge in [-0.1, -0.05) is 70.2 Å². The van der Waals surface area contributed by atoms with Gasteiger partial charge < -0.3 is 45.9 Å². The number of amides is 2. The molecule has 3 aromatic carbocycles. The summed E-state index contributed by atoms with van der Waals surface area (Å²) in [6, 6.07) is 25.4. The third kappa shape index (κ3) is 14.1. The van der Waals surface area contributed by atoms with Crippen molar-refractivity contribution in [3.05, 3.63) is 113 Å². The number of pyridine rings is 1. The van der Waals surface area contributed by atoms with E-state index in [9.17, 15) is 28.3 Å². The molecular weight excluding hydrogens is 1020 g/mol. The molecule has 2 aliphatic carbocycles. The number of carbonyl (C=O) groups is 3. The van der Waals surface area contributed by atoms with E-state index in [1.54, 1.807) is 29.4 Å². The Labute approximate surface area is 466 Å². The van der Waals surface area contributed by atoms with Crippen molar-refractivity contribution in [2.45, 2.75) is 111 Å². The highest BCUT2D eigenvalue weighted by molar-refractivity contribution is 7.79. The van der Waals surface area contributed by atoms with Gasteiger partial charge in [0.2, 0.25) is 11.8 Å². The Hall–Kier alpha value is -5.89. The predicted octanol–water partition coefficient (Wildman–Crippen LogP) is 9.22. The molecule has 2 bridgehead atoms. The Morgan fingerprint density at radius 2 is 1.79 bits per heavy atom. The molecular formula is C60H79N9O7S2. The van der Waals surface area contributed by atoms with Crippen LogP contribution in [0.2, 0.25) is 0 Å². The number of ether oxygens (including phenoxy) is 1. The molecule has 3 aliphatic rings. The van der Waals surface area contributed by atoms with Crippen molar-refractivity contribution in [3.63, 3.8) is 0 Å². The van der Waals surface area contributed by atoms with E-state index in [4.69, 9.17) is 25.4 Å². The quantitative estimate of drug-likeness (QED) is 0.0193. The minimum Gasteiger partial charge on any atom is -0.476 e. The number of anilines is 2. The van der Waals surface area contributed by atoms with Crippen LogP contribution in [0.4, 0.5) is 11.5 Å². The highest BCUT2D eigenvalue weighted by Crippen LogP contribution is 2.60. The van der Waals surface area contributed by atoms with Crippen molar-refractivity contribution in [2.75, 3.05) is 69.4 Å². The molecule has 8 rings (SSSR count). The molecule has 18 heteroatoms. The molecule has 0 saturated heterocycles. The monoisotopic (exact) mass is 1100 g/mol. The minimum absolute atomic E-state index is 0.0297. The number of likely N-dealkylation sites (N-methyl/N-ethyl adjacent to an activating group) is 1. The Morgan fingerprint density at radius 3 is 2.51 bits per heavy atom. The maximum Gasteiger partial charge on any atom is 0.355 e. The van der Waals surface area contributed by atoms with Gasteiger partial charge >= 0.3 is 5.97 Å². The van der Waals surface area contributed by atoms with Crippen LogP contribution in [0.25, 0.3) is 26.4 Å². The number of nitrogens with one attached hydrogen (secondary N) is 3. The van der Waals surface area contributed by atoms with E-state index in [0.717, 1.165) is 77.8 Å². The van der Waals surface area contributed by atoms with Crippen LogP contribution in [-0.2, 0) is 44.8 Å². The lowest BCUT2D eigenvalue weighted by Gasteiger charge is -2.58. The molecule has 3 heterocycles. The molecule has 418 valence electrons. The number of thiazole rings is 1. The molecule has 2 saturated carbocycles. The van der Waals surface area contributed by atoms with Crippen LogP contribution in [0, 0.1) is 22.7 Å². The number of aliphatic imine (C=N–C) groups is 1. The summed E-state index contributed by atoms with van der Waals surface area (Å²) in [5.41, 5.74) is 13.1. The number of carbonyl (C=O) groups excluding carboxylic acids is 2. The first-order valence-electron chi connectivity index (χ1n) is 27.4. The summed E-state index contributed by atoms with van der Waals surface area (Å²) in [4.78, 5) is 58.8. The number of nitrogens with zero attached hydrogens (tertiary/aromatic N) is 5. The lowest BCUT2D eigenvalue weighted by Crippen LogP contribution is -2.55. The van der Waals surface area contributed by atoms with E-state index in [1.165, 1.54) is 17.3 Å². The largest absolute Gasteiger partial charge is 0.476 e. The first-order chi connectivity index (χ1) is 37.3. The summed E-state index contributed by atoms with van der Waals surface area (Å²) >= 11 is -0.416. The maximum atomic E-state index is 14.1. The molecule has 78 heavy (non-hydrogen) atoms. The summed E-state index contributed by atoms with van der Waals surface area (Å²) in [5, 5.41) is 20.8. The molecule has 2 amide bonds. The third-order valence-corrected chi connectivity index (χ3v) is 17.7. The van der Waals surface area contributed by atoms with Crippen molar-refractivity contribution in [2.24, 2.45) is 33.4 Å². The number of carboxylic acid groups (broad SMARTS) is 1. The van der Waals surface area contributed by atoms with Crippen molar-refractivity contribution >= 4 is 73.2 Å². The van der Waals surface area contributed by atoms with Crippen LogP contribution in [0.3, 0.4) is 0 Å². The Morgan fingerprint density at radius 1 is 1.01 bits per heavy atom. The zero-order chi connectivity index (χ0) is 55.8. The molecule has 2 aromatic heterocycles. The fourth-order valence-corrected chi connectivity index (χ4v) is 14.5. The third-order valence-electron chi connectivity index (χ3n) is 16.0. The fourth-order valence-electron chi connectivity index (χ4n) is 13.1. The van der Waals surface area contributed by atoms with Crippen LogP contribution in [0.1, 0.15) is 112 Å². The normalized spacial score (nSPS) is 22.6. The average molecular weight is 1100 g/mol. The second kappa shape index (κ2) is 25.5. The smallest absolute Gasteiger partial charge is 0.355 e. The van der Waals surface area contributed by atoms with Crippen LogP contribution >= 0.6 is 11.3 Å². The minimum atomic E-state index is -2.09. The van der Waals surface area contributed by atoms with Gasteiger partial charge in [0.05, 0.1) is 34.2 Å². The first-order valence-corrected chi connectivity index (χ1v) is 29.5. The molecule has 0 spiro atoms. The SMILES string of the molecule is CNCCCC(NC)C(=O)Nc1ccc(CC(C)C(=O)N(CCOC23CC(C)CC(C)(CC(C)(CN=C(C)C(=CN)c4ccc(N5CCc6cccc(-c7nc8ccccc8s7)c6C5)nc4C(=O)O)C2)C3)CCS(=O)O)cc1. The number of hydrogen-bond donors (Lipinski definition) is 6. The summed E-state index contributed by atoms with van der Waals surface area (Å²) in [6.45, 7) is 13.8. The van der Waals surface area contributed by atoms with E-state index in [-0.39, 0.29) is 59.8 Å². The summed E-state index contributed by atoms with van der Waals surface area (Å²) in [6.07, 6.45) is 8.67. The Kier molecular flexibility index (Phi) is 19.0. The molecule has 7 N–H and O–H groups in total. The highest BCUT2D eigenvalue weighted by atomic mass is 32.2. The van der Waals surface area contributed by atoms with Crippen molar-refractivity contribution in [1.82, 2.24) is 25.5 Å². The first kappa shape index (κ1) is 58.3. The van der Waals surface area contributed by atoms with Gasteiger partial charge in [-0.2, -0.15) is 0 Å². The lowest BCUT2D eigenvalue weighted by molar-refractivity contribution is -0.176. The standard InChI is InChI=1S/C60H79N9O7S2/c1-39-31-58(4)35-59(5,37-60(32-39,36-58)76-28-26-68(27-29-78(74)75)56(71)40(2)30-42-17-19-44(20-18-42)65-54(70)50(63-7)15-11-24-62-6)38-64-41(3)47(33-61)45-21-22-52(67-53(45)57(72)73)69-25-23-43-12-10-13-46(48(43)34-69)55-66-49-14-8-9-16-51(49)77-55/h8-10,12-14,16-22,33,39-40,50,62-63H,11,15,23-32,34-38,61H2,1-7H3,(H,65,70)(H,72,73)(H,74,75). The van der Waals surface area contributed by atoms with Crippen LogP contribution in [0.5, 0.6) is 0 Å². The Balaban J connectivity index is 0.924. The second-order valence-corrected chi connectivity index (χ2v) is 25.0. The maximum absolute atomic E-state index is 14.1. The van der Waals surface area contributed by atoms with Gasteiger partial charge in [-0.3, -0.25) is 14.6 Å². The number of aromatic nitrogens is 2. The number of rotatable bonds is 24. The van der Waals surface area contributed by atoms with Gasteiger partial charge in [-0.25, -0.2) is 19.0 Å². The number of benzene rings is 3. The number of carboxylic acids is 1. The van der Waals surface area contributed by atoms with Crippen LogP contribution in [-0.4, -0.2) is 123 Å². The molecule has 0 radical (unpaired) electrons. The van der Waals surface area contributed by atoms with Crippen molar-refractivity contribution < 1.29 is 33.0 Å². The van der Waals surface area contributed by atoms with Crippen LogP contribution in [0.15, 0.2) is 90.1 Å². The van der Waals surface area contributed by atoms with Gasteiger partial charge in [0.1, 0.15) is 10.8 Å². The van der Waals surface area contributed by atoms with E-state index in [2.05, 4.69) is 65.9 Å². The average Bonchev–Trinajstić information content (AvgIpc) is 3.84. The highest BCUT2D eigenvalue weighted by Gasteiger charge is 2.55. The van der Waals surface area contributed by atoms with E-state index in [1.807, 2.05) is 69.4 Å². The fraction of sp³-hybridized carbons (Fsp3) is 0.500. The number of fused-ring (bicyclic) bond motifs is 4. The molecule has 5 aromatic rings. The molecule has 7 unspecified atom stereocenters. The van der Waals surface area contributed by atoms with Gasteiger partial charge in [0.25, 0.3) is 0 Å². The molecule has 7 atom stereocenters. The van der Waals surface area contributed by atoms with Crippen LogP contribution < -0.4 is 26.6 Å². The lowest BCUT2D eigenvalue weighted by atomic mass is 9.51. The number of allylic oxidation sites excluding steroid dienone is 1. The van der Waals surface area contributed by atoms with Gasteiger partial charge in [-0.05, 0) is 155 Å². The number of nitrogens with two attached hydrogens (primary N) is 1. The number of hydrogen-bond acceptors (Lipinski definition) is 13. The van der Waals surface area contributed by atoms with E-state index < -0.39 is 28.6 Å². The van der Waals surface area contributed by atoms with Crippen molar-refractivity contribution in [3.8, 4) is 10.6 Å². The van der Waals surface area contributed by atoms with E-state index >= 15 is 0 Å². The Bertz CT molecular complexity index is 3010. The zero-order valence-electron chi connectivity index (χ0n) is 46.4. The second-order valence-electron chi connectivity index (χ2n) is 22.9. The zero-order valence-corrected chi connectivity index (χ0v) is 48.0. The number of para-hydroxylation sites is 1. The van der Waals surface area contributed by atoms with Crippen molar-refractivity contribution in [1.29, 1.82) is 0 Å². The van der Waals surface area contributed by atoms with Gasteiger partial charge in [0, 0.05) is 72.9 Å². The van der Waals surface area contributed by atoms with E-state index in [0.29, 0.717) is 66.7 Å².